The summed E-state index contributed by atoms with van der Waals surface area (Å²) in [6.07, 6.45) is -1.49. The lowest BCUT2D eigenvalue weighted by Gasteiger charge is -2.11. The molecule has 7 heteroatoms. The summed E-state index contributed by atoms with van der Waals surface area (Å²) >= 11 is 5.60. The molecule has 2 N–H and O–H groups in total. The van der Waals surface area contributed by atoms with Crippen LogP contribution in [0.2, 0.25) is 5.02 Å². The van der Waals surface area contributed by atoms with Gasteiger partial charge < -0.3 is 15.2 Å². The van der Waals surface area contributed by atoms with Gasteiger partial charge in [-0.2, -0.15) is 0 Å². The molecule has 0 radical (unpaired) electrons. The van der Waals surface area contributed by atoms with Crippen LogP contribution in [0.3, 0.4) is 0 Å². The van der Waals surface area contributed by atoms with Gasteiger partial charge in [-0.25, -0.2) is 9.18 Å². The second kappa shape index (κ2) is 7.71. The zero-order valence-corrected chi connectivity index (χ0v) is 12.6. The minimum Gasteiger partial charge on any atom is -0.453 e. The Morgan fingerprint density at radius 1 is 1.22 bits per heavy atom. The summed E-state index contributed by atoms with van der Waals surface area (Å²) in [6, 6.07) is 11.9. The minimum absolute atomic E-state index is 0.0842. The maximum absolute atomic E-state index is 13.5. The Bertz CT molecular complexity index is 708. The molecule has 0 unspecified atom stereocenters. The highest BCUT2D eigenvalue weighted by Gasteiger charge is 2.20. The summed E-state index contributed by atoms with van der Waals surface area (Å²) in [5.74, 6) is -2.41. The highest BCUT2D eigenvalue weighted by atomic mass is 35.5. The van der Waals surface area contributed by atoms with E-state index in [0.717, 1.165) is 6.07 Å². The maximum atomic E-state index is 13.5. The number of halogens is 2. The lowest BCUT2D eigenvalue weighted by Crippen LogP contribution is -2.24. The number of carbonyl (C=O) groups is 2. The number of aliphatic hydroxyl groups is 1. The van der Waals surface area contributed by atoms with Crippen LogP contribution in [0, 0.1) is 5.82 Å². The van der Waals surface area contributed by atoms with Crippen molar-refractivity contribution in [2.24, 2.45) is 0 Å². The molecule has 2 rings (SSSR count). The van der Waals surface area contributed by atoms with E-state index < -0.39 is 30.4 Å². The number of esters is 1. The van der Waals surface area contributed by atoms with Crippen LogP contribution in [0.25, 0.3) is 0 Å². The third kappa shape index (κ3) is 4.77. The molecule has 0 aliphatic carbocycles. The van der Waals surface area contributed by atoms with Crippen molar-refractivity contribution in [3.05, 3.63) is 64.9 Å². The fraction of sp³-hybridized carbons (Fsp3) is 0.125. The van der Waals surface area contributed by atoms with Gasteiger partial charge in [0.2, 0.25) is 0 Å². The largest absolute Gasteiger partial charge is 0.453 e. The molecule has 0 aromatic heterocycles. The molecule has 0 spiro atoms. The number of carbonyl (C=O) groups excluding carboxylic acids is 2. The molecule has 23 heavy (non-hydrogen) atoms. The summed E-state index contributed by atoms with van der Waals surface area (Å²) in [4.78, 5) is 23.3. The van der Waals surface area contributed by atoms with Crippen LogP contribution in [0.15, 0.2) is 48.5 Å². The van der Waals surface area contributed by atoms with Crippen molar-refractivity contribution in [3.63, 3.8) is 0 Å². The van der Waals surface area contributed by atoms with Crippen molar-refractivity contribution in [2.75, 3.05) is 11.9 Å². The van der Waals surface area contributed by atoms with Gasteiger partial charge >= 0.3 is 5.97 Å². The molecular weight excluding hydrogens is 325 g/mol. The lowest BCUT2D eigenvalue weighted by molar-refractivity contribution is -0.156. The molecule has 0 aliphatic heterocycles. The van der Waals surface area contributed by atoms with Crippen molar-refractivity contribution in [1.82, 2.24) is 0 Å². The molecular formula is C16H13ClFNO4. The fourth-order valence-corrected chi connectivity index (χ4v) is 1.92. The van der Waals surface area contributed by atoms with Gasteiger partial charge in [-0.15, -0.1) is 0 Å². The molecule has 0 saturated carbocycles. The van der Waals surface area contributed by atoms with Crippen LogP contribution in [-0.2, 0) is 14.3 Å². The van der Waals surface area contributed by atoms with Gasteiger partial charge in [-0.1, -0.05) is 41.9 Å². The predicted octanol–water partition coefficient (Wildman–Crippen LogP) is 2.69. The Morgan fingerprint density at radius 3 is 2.57 bits per heavy atom. The first-order chi connectivity index (χ1) is 11.0. The molecule has 1 atom stereocenters. The Balaban J connectivity index is 1.87. The number of amides is 1. The van der Waals surface area contributed by atoms with Crippen molar-refractivity contribution < 1.29 is 23.8 Å². The lowest BCUT2D eigenvalue weighted by atomic mass is 10.1. The van der Waals surface area contributed by atoms with E-state index in [1.807, 2.05) is 0 Å². The summed E-state index contributed by atoms with van der Waals surface area (Å²) in [5, 5.41) is 12.2. The average Bonchev–Trinajstić information content (AvgIpc) is 2.55. The van der Waals surface area contributed by atoms with E-state index in [9.17, 15) is 19.1 Å². The number of hydrogen-bond donors (Lipinski definition) is 2. The molecule has 2 aromatic rings. The zero-order valence-electron chi connectivity index (χ0n) is 11.8. The SMILES string of the molecule is O=C(COC(=O)[C@@H](O)c1ccccc1)Nc1ccc(Cl)cc1F. The van der Waals surface area contributed by atoms with Crippen molar-refractivity contribution in [3.8, 4) is 0 Å². The van der Waals surface area contributed by atoms with Gasteiger partial charge in [0.25, 0.3) is 5.91 Å². The van der Waals surface area contributed by atoms with Crippen LogP contribution < -0.4 is 5.32 Å². The number of rotatable bonds is 5. The third-order valence-electron chi connectivity index (χ3n) is 2.89. The smallest absolute Gasteiger partial charge is 0.340 e. The number of aliphatic hydroxyl groups excluding tert-OH is 1. The summed E-state index contributed by atoms with van der Waals surface area (Å²) < 4.78 is 18.2. The minimum atomic E-state index is -1.49. The van der Waals surface area contributed by atoms with E-state index in [4.69, 9.17) is 16.3 Å². The van der Waals surface area contributed by atoms with Crippen molar-refractivity contribution >= 4 is 29.2 Å². The number of ether oxygens (including phenoxy) is 1. The highest BCUT2D eigenvalue weighted by Crippen LogP contribution is 2.19. The van der Waals surface area contributed by atoms with E-state index in [2.05, 4.69) is 5.32 Å². The normalized spacial score (nSPS) is 11.6. The molecule has 0 bridgehead atoms. The quantitative estimate of drug-likeness (QED) is 0.823. The van der Waals surface area contributed by atoms with E-state index in [-0.39, 0.29) is 10.7 Å². The standard InChI is InChI=1S/C16H13ClFNO4/c17-11-6-7-13(12(18)8-11)19-14(20)9-23-16(22)15(21)10-4-2-1-3-5-10/h1-8,15,21H,9H2,(H,19,20)/t15-/m0/s1. The first-order valence-electron chi connectivity index (χ1n) is 6.62. The number of hydrogen-bond acceptors (Lipinski definition) is 4. The molecule has 2 aromatic carbocycles. The topological polar surface area (TPSA) is 75.6 Å². The number of benzene rings is 2. The Labute approximate surface area is 136 Å². The van der Waals surface area contributed by atoms with Gasteiger partial charge in [0.05, 0.1) is 5.69 Å². The van der Waals surface area contributed by atoms with E-state index in [0.29, 0.717) is 5.56 Å². The number of anilines is 1. The van der Waals surface area contributed by atoms with Crippen LogP contribution in [0.4, 0.5) is 10.1 Å². The molecule has 120 valence electrons. The Kier molecular flexibility index (Phi) is 5.67. The molecule has 0 saturated heterocycles. The molecule has 0 aliphatic rings. The Hall–Kier alpha value is -2.44. The fourth-order valence-electron chi connectivity index (χ4n) is 1.76. The predicted molar refractivity (Wildman–Crippen MR) is 82.4 cm³/mol. The van der Waals surface area contributed by atoms with Crippen LogP contribution in [-0.4, -0.2) is 23.6 Å². The van der Waals surface area contributed by atoms with Crippen LogP contribution in [0.5, 0.6) is 0 Å². The number of nitrogens with one attached hydrogen (secondary N) is 1. The highest BCUT2D eigenvalue weighted by molar-refractivity contribution is 6.30. The van der Waals surface area contributed by atoms with Gasteiger partial charge in [-0.3, -0.25) is 4.79 Å². The van der Waals surface area contributed by atoms with Gasteiger partial charge in [0.15, 0.2) is 12.7 Å². The van der Waals surface area contributed by atoms with Gasteiger partial charge in [0.1, 0.15) is 5.82 Å². The summed E-state index contributed by atoms with van der Waals surface area (Å²) in [6.45, 7) is -0.648. The van der Waals surface area contributed by atoms with Crippen molar-refractivity contribution in [2.45, 2.75) is 6.10 Å². The second-order valence-corrected chi connectivity index (χ2v) is 5.03. The third-order valence-corrected chi connectivity index (χ3v) is 3.12. The molecule has 0 heterocycles. The molecule has 0 fully saturated rings. The Morgan fingerprint density at radius 2 is 1.91 bits per heavy atom. The van der Waals surface area contributed by atoms with Crippen molar-refractivity contribution in [1.29, 1.82) is 0 Å². The van der Waals surface area contributed by atoms with Gasteiger partial charge in [0, 0.05) is 5.02 Å². The summed E-state index contributed by atoms with van der Waals surface area (Å²) in [5.41, 5.74) is 0.265. The zero-order chi connectivity index (χ0) is 16.8. The maximum Gasteiger partial charge on any atom is 0.340 e. The van der Waals surface area contributed by atoms with Gasteiger partial charge in [-0.05, 0) is 23.8 Å². The van der Waals surface area contributed by atoms with Crippen LogP contribution in [0.1, 0.15) is 11.7 Å². The second-order valence-electron chi connectivity index (χ2n) is 4.59. The summed E-state index contributed by atoms with van der Waals surface area (Å²) in [7, 11) is 0. The first-order valence-corrected chi connectivity index (χ1v) is 6.99. The molecule has 1 amide bonds. The van der Waals surface area contributed by atoms with Crippen LogP contribution >= 0.6 is 11.6 Å². The molecule has 5 nitrogen and oxygen atoms in total. The van der Waals surface area contributed by atoms with E-state index in [1.54, 1.807) is 30.3 Å². The van der Waals surface area contributed by atoms with E-state index >= 15 is 0 Å². The van der Waals surface area contributed by atoms with E-state index in [1.165, 1.54) is 12.1 Å². The monoisotopic (exact) mass is 337 g/mol. The first kappa shape index (κ1) is 16.9. The average molecular weight is 338 g/mol.